The third kappa shape index (κ3) is 49.9. The van der Waals surface area contributed by atoms with Gasteiger partial charge in [-0.15, -0.1) is 0 Å². The monoisotopic (exact) mass is 604 g/mol. The molecule has 1 saturated heterocycles. The van der Waals surface area contributed by atoms with Crippen molar-refractivity contribution in [1.82, 2.24) is 0 Å². The van der Waals surface area contributed by atoms with Crippen LogP contribution in [-0.2, 0) is 23.9 Å². The fourth-order valence-corrected chi connectivity index (χ4v) is 0.600. The normalized spacial score (nSPS) is 10.1. The average Bonchev–Trinajstić information content (AvgIpc) is 3.88. The molecule has 0 amide bonds. The van der Waals surface area contributed by atoms with E-state index in [-0.39, 0.29) is 0 Å². The number of epoxide rings is 1. The highest BCUT2D eigenvalue weighted by Gasteiger charge is 2.27. The molecule has 242 valence electrons. The van der Waals surface area contributed by atoms with Crippen LogP contribution in [0.2, 0.25) is 0 Å². The molecule has 41 heavy (non-hydrogen) atoms. The summed E-state index contributed by atoms with van der Waals surface area (Å²) >= 11 is 0. The zero-order valence-corrected chi connectivity index (χ0v) is 22.6. The fourth-order valence-electron chi connectivity index (χ4n) is 0.600. The topological polar surface area (TPSA) is 324 Å². The quantitative estimate of drug-likeness (QED) is 0.0776. The molecule has 0 atom stereocenters. The van der Waals surface area contributed by atoms with Crippen LogP contribution in [0.1, 0.15) is 0 Å². The first-order valence-electron chi connectivity index (χ1n) is 10.9. The van der Waals surface area contributed by atoms with Crippen LogP contribution in [0.3, 0.4) is 0 Å². The van der Waals surface area contributed by atoms with E-state index in [1.807, 2.05) is 0 Å². The number of carboxylic acids is 4. The molecule has 1 aliphatic heterocycles. The summed E-state index contributed by atoms with van der Waals surface area (Å²) in [6.07, 6.45) is 3.33. The van der Waals surface area contributed by atoms with Gasteiger partial charge in [-0.25, -0.2) is 19.2 Å². The Labute approximate surface area is 237 Å². The maximum atomic E-state index is 9.25. The molecule has 0 radical (unpaired) electrons. The van der Waals surface area contributed by atoms with Crippen molar-refractivity contribution >= 4 is 23.9 Å². The van der Waals surface area contributed by atoms with Crippen molar-refractivity contribution in [2.45, 2.75) is 0 Å². The Kier molecular flexibility index (Phi) is 44.8. The van der Waals surface area contributed by atoms with Gasteiger partial charge in [-0.3, -0.25) is 0 Å². The molecular weight excluding hydrogens is 560 g/mol. The van der Waals surface area contributed by atoms with Crippen LogP contribution in [0.4, 0.5) is 0 Å². The van der Waals surface area contributed by atoms with E-state index in [1.54, 1.807) is 0 Å². The Morgan fingerprint density at radius 2 is 0.561 bits per heavy atom. The van der Waals surface area contributed by atoms with Gasteiger partial charge in [-0.2, -0.15) is 0 Å². The maximum Gasteiger partial charge on any atom is 0.327 e. The molecule has 1 rings (SSSR count). The Morgan fingerprint density at radius 3 is 0.561 bits per heavy atom. The fraction of sp³-hybridized carbons (Fsp3) is 0.500. The van der Waals surface area contributed by atoms with Crippen LogP contribution in [-0.4, -0.2) is 151 Å². The second kappa shape index (κ2) is 36.5. The van der Waals surface area contributed by atoms with Crippen LogP contribution < -0.4 is 0 Å². The molecule has 0 aromatic carbocycles. The summed E-state index contributed by atoms with van der Waals surface area (Å²) in [5.41, 5.74) is -2.22. The largest absolute Gasteiger partial charge is 0.478 e. The van der Waals surface area contributed by atoms with E-state index in [0.29, 0.717) is 0 Å². The van der Waals surface area contributed by atoms with Gasteiger partial charge >= 0.3 is 23.9 Å². The lowest BCUT2D eigenvalue weighted by molar-refractivity contribution is -0.132. The third-order valence-corrected chi connectivity index (χ3v) is 3.59. The van der Waals surface area contributed by atoms with Gasteiger partial charge in [0.25, 0.3) is 0 Å². The Morgan fingerprint density at radius 1 is 0.463 bits per heavy atom. The van der Waals surface area contributed by atoms with Gasteiger partial charge in [0.1, 0.15) is 0 Å². The minimum Gasteiger partial charge on any atom is -0.478 e. The number of aliphatic hydroxyl groups is 8. The number of rotatable bonds is 12. The van der Waals surface area contributed by atoms with Gasteiger partial charge in [-0.05, 0) is 0 Å². The van der Waals surface area contributed by atoms with Crippen molar-refractivity contribution in [3.8, 4) is 0 Å². The molecule has 0 spiro atoms. The van der Waals surface area contributed by atoms with Gasteiger partial charge in [0.2, 0.25) is 0 Å². The number of aliphatic hydroxyl groups excluding tert-OH is 8. The van der Waals surface area contributed by atoms with E-state index in [2.05, 4.69) is 31.1 Å². The van der Waals surface area contributed by atoms with E-state index in [4.69, 9.17) is 61.3 Å². The first-order chi connectivity index (χ1) is 19.1. The number of hydrogen-bond donors (Lipinski definition) is 12. The Bertz CT molecular complexity index is 567. The van der Waals surface area contributed by atoms with Gasteiger partial charge in [-0.1, -0.05) is 26.3 Å². The second-order valence-corrected chi connectivity index (χ2v) is 7.05. The second-order valence-electron chi connectivity index (χ2n) is 7.05. The Balaban J connectivity index is -0.0000000895. The summed E-state index contributed by atoms with van der Waals surface area (Å²) in [7, 11) is 0. The minimum atomic E-state index is -1.11. The van der Waals surface area contributed by atoms with E-state index in [0.717, 1.165) is 37.5 Å². The summed E-state index contributed by atoms with van der Waals surface area (Å²) in [5.74, 6) is -3.93. The maximum absolute atomic E-state index is 9.25. The first-order valence-corrected chi connectivity index (χ1v) is 10.9. The summed E-state index contributed by atoms with van der Waals surface area (Å²) < 4.78 is 4.50. The summed E-state index contributed by atoms with van der Waals surface area (Å²) in [4.78, 5) is 37.0. The lowest BCUT2D eigenvalue weighted by atomic mass is 9.93. The van der Waals surface area contributed by atoms with Gasteiger partial charge in [0, 0.05) is 24.3 Å². The molecule has 0 aromatic rings. The average molecular weight is 605 g/mol. The predicted molar refractivity (Wildman–Crippen MR) is 144 cm³/mol. The molecule has 1 fully saturated rings. The van der Waals surface area contributed by atoms with Gasteiger partial charge in [0.15, 0.2) is 0 Å². The molecule has 0 aliphatic carbocycles. The molecule has 0 bridgehead atoms. The number of ether oxygens (including phenoxy) is 1. The zero-order chi connectivity index (χ0) is 33.9. The highest BCUT2D eigenvalue weighted by atomic mass is 16.6. The minimum absolute atomic E-state index is 0.406. The van der Waals surface area contributed by atoms with Crippen molar-refractivity contribution in [3.05, 3.63) is 50.6 Å². The molecule has 17 nitrogen and oxygen atoms in total. The number of carbonyl (C=O) groups is 4. The van der Waals surface area contributed by atoms with Crippen LogP contribution >= 0.6 is 0 Å². The van der Waals surface area contributed by atoms with Gasteiger partial charge < -0.3 is 66.0 Å². The van der Waals surface area contributed by atoms with Crippen molar-refractivity contribution in [2.24, 2.45) is 10.8 Å². The summed E-state index contributed by atoms with van der Waals surface area (Å²) in [6.45, 7) is 10.6. The molecule has 1 heterocycles. The number of carboxylic acid groups (broad SMARTS) is 4. The summed E-state index contributed by atoms with van der Waals surface area (Å²) in [6, 6.07) is 0. The molecule has 17 heteroatoms. The van der Waals surface area contributed by atoms with E-state index in [9.17, 15) is 19.2 Å². The number of hydrogen-bond acceptors (Lipinski definition) is 13. The SMILES string of the molecule is C1CO1.C=CC(=O)O.C=CC(=O)O.C=CC(=O)O.C=CC(=O)O.OCC(CO)(CO)CO.OCC(CO)(CO)CO. The summed E-state index contributed by atoms with van der Waals surface area (Å²) in [5, 5.41) is 98.4. The van der Waals surface area contributed by atoms with Crippen molar-refractivity contribution in [3.63, 3.8) is 0 Å². The predicted octanol–water partition coefficient (Wildman–Crippen LogP) is -3.07. The van der Waals surface area contributed by atoms with Crippen molar-refractivity contribution < 1.29 is 85.2 Å². The molecular formula is C24H44O17. The highest BCUT2D eigenvalue weighted by Crippen LogP contribution is 2.12. The molecule has 1 aliphatic rings. The van der Waals surface area contributed by atoms with E-state index < -0.39 is 87.6 Å². The Hall–Kier alpha value is -3.52. The van der Waals surface area contributed by atoms with Gasteiger partial charge in [0.05, 0.1) is 76.9 Å². The van der Waals surface area contributed by atoms with Crippen molar-refractivity contribution in [2.75, 3.05) is 66.1 Å². The first kappa shape index (κ1) is 50.3. The molecule has 12 N–H and O–H groups in total. The van der Waals surface area contributed by atoms with E-state index >= 15 is 0 Å². The van der Waals surface area contributed by atoms with Crippen molar-refractivity contribution in [1.29, 1.82) is 0 Å². The third-order valence-electron chi connectivity index (χ3n) is 3.59. The lowest BCUT2D eigenvalue weighted by Gasteiger charge is -2.23. The molecule has 0 saturated carbocycles. The zero-order valence-electron chi connectivity index (χ0n) is 22.6. The lowest BCUT2D eigenvalue weighted by Crippen LogP contribution is -2.37. The smallest absolute Gasteiger partial charge is 0.327 e. The molecule has 0 unspecified atom stereocenters. The highest BCUT2D eigenvalue weighted by molar-refractivity contribution is 5.79. The van der Waals surface area contributed by atoms with Crippen LogP contribution in [0.15, 0.2) is 50.6 Å². The van der Waals surface area contributed by atoms with Crippen LogP contribution in [0.25, 0.3) is 0 Å². The standard InChI is InChI=1S/2C5H12O4.4C3H4O2.C2H4O/c2*6-1-5(2-7,3-8)4-9;4*1-2-3(4)5;1-2-3-1/h2*6-9H,1-4H2;4*2H,1H2,(H,4,5);1-2H2. The van der Waals surface area contributed by atoms with Crippen LogP contribution in [0, 0.1) is 10.8 Å². The van der Waals surface area contributed by atoms with E-state index in [1.165, 1.54) is 0 Å². The molecule has 0 aromatic heterocycles. The number of aliphatic carboxylic acids is 4. The van der Waals surface area contributed by atoms with Crippen LogP contribution in [0.5, 0.6) is 0 Å².